The van der Waals surface area contributed by atoms with Gasteiger partial charge in [0, 0.05) is 25.8 Å². The zero-order chi connectivity index (χ0) is 13.0. The van der Waals surface area contributed by atoms with Gasteiger partial charge in [0.1, 0.15) is 5.82 Å². The fourth-order valence-electron chi connectivity index (χ4n) is 2.19. The number of hydrogen-bond donors (Lipinski definition) is 1. The maximum Gasteiger partial charge on any atom is 0.236 e. The largest absolute Gasteiger partial charge is 0.384 e. The lowest BCUT2D eigenvalue weighted by molar-refractivity contribution is -0.131. The molecule has 0 saturated carbocycles. The highest BCUT2D eigenvalue weighted by Gasteiger charge is 2.18. The molecule has 1 fully saturated rings. The minimum atomic E-state index is 0.221. The first-order chi connectivity index (χ1) is 8.65. The topological polar surface area (TPSA) is 62.5 Å². The Labute approximate surface area is 108 Å². The van der Waals surface area contributed by atoms with E-state index < -0.39 is 0 Å². The molecule has 1 aromatic rings. The van der Waals surface area contributed by atoms with E-state index >= 15 is 0 Å². The van der Waals surface area contributed by atoms with Gasteiger partial charge in [0.15, 0.2) is 0 Å². The Bertz CT molecular complexity index is 398. The van der Waals surface area contributed by atoms with Gasteiger partial charge in [-0.25, -0.2) is 4.98 Å². The molecule has 18 heavy (non-hydrogen) atoms. The highest BCUT2D eigenvalue weighted by Crippen LogP contribution is 2.09. The van der Waals surface area contributed by atoms with E-state index in [4.69, 9.17) is 5.73 Å². The molecular weight excluding hydrogens is 228 g/mol. The summed E-state index contributed by atoms with van der Waals surface area (Å²) in [5.74, 6) is 0.743. The van der Waals surface area contributed by atoms with E-state index in [9.17, 15) is 4.79 Å². The predicted octanol–water partition coefficient (Wildman–Crippen LogP) is 0.718. The van der Waals surface area contributed by atoms with Crippen molar-refractivity contribution in [3.63, 3.8) is 0 Å². The van der Waals surface area contributed by atoms with E-state index in [2.05, 4.69) is 4.98 Å². The average molecular weight is 248 g/mol. The van der Waals surface area contributed by atoms with E-state index in [1.807, 2.05) is 22.9 Å². The summed E-state index contributed by atoms with van der Waals surface area (Å²) in [4.78, 5) is 19.9. The zero-order valence-electron chi connectivity index (χ0n) is 10.8. The molecule has 0 aliphatic carbocycles. The molecule has 1 aromatic heterocycles. The van der Waals surface area contributed by atoms with Crippen LogP contribution < -0.4 is 5.73 Å². The highest BCUT2D eigenvalue weighted by molar-refractivity contribution is 5.78. The van der Waals surface area contributed by atoms with Crippen LogP contribution in [-0.4, -0.2) is 47.4 Å². The normalized spacial score (nSPS) is 15.3. The van der Waals surface area contributed by atoms with Crippen molar-refractivity contribution in [2.45, 2.75) is 19.4 Å². The van der Waals surface area contributed by atoms with Crippen LogP contribution in [0, 0.1) is 0 Å². The molecule has 0 aromatic carbocycles. The fraction of sp³-hybridized carbons (Fsp3) is 0.538. The molecule has 2 rings (SSSR count). The Balaban J connectivity index is 1.82. The maximum atomic E-state index is 11.9. The number of nitrogen functional groups attached to an aromatic ring is 1. The quantitative estimate of drug-likeness (QED) is 0.852. The van der Waals surface area contributed by atoms with Crippen LogP contribution in [0.25, 0.3) is 0 Å². The smallest absolute Gasteiger partial charge is 0.236 e. The fourth-order valence-corrected chi connectivity index (χ4v) is 2.19. The third-order valence-electron chi connectivity index (χ3n) is 3.16. The molecule has 0 atom stereocenters. The number of rotatable bonds is 4. The first kappa shape index (κ1) is 12.8. The zero-order valence-corrected chi connectivity index (χ0v) is 10.8. The number of anilines is 1. The van der Waals surface area contributed by atoms with Crippen molar-refractivity contribution in [2.75, 3.05) is 32.4 Å². The molecule has 0 unspecified atom stereocenters. The van der Waals surface area contributed by atoms with Gasteiger partial charge in [0.2, 0.25) is 5.91 Å². The van der Waals surface area contributed by atoms with Crippen LogP contribution in [0.5, 0.6) is 0 Å². The van der Waals surface area contributed by atoms with Gasteiger partial charge in [-0.3, -0.25) is 9.69 Å². The van der Waals surface area contributed by atoms with Gasteiger partial charge in [-0.2, -0.15) is 0 Å². The Hall–Kier alpha value is -1.62. The highest BCUT2D eigenvalue weighted by atomic mass is 16.2. The summed E-state index contributed by atoms with van der Waals surface area (Å²) in [5.41, 5.74) is 6.61. The van der Waals surface area contributed by atoms with E-state index in [1.54, 1.807) is 12.3 Å². The number of hydrogen-bond acceptors (Lipinski definition) is 4. The van der Waals surface area contributed by atoms with Crippen molar-refractivity contribution in [3.8, 4) is 0 Å². The Morgan fingerprint density at radius 2 is 2.17 bits per heavy atom. The molecule has 1 aliphatic rings. The Kier molecular flexibility index (Phi) is 4.15. The summed E-state index contributed by atoms with van der Waals surface area (Å²) in [6.45, 7) is 3.00. The number of likely N-dealkylation sites (N-methyl/N-ethyl adjacent to an activating group) is 1. The molecule has 5 heteroatoms. The number of aromatic nitrogens is 1. The first-order valence-corrected chi connectivity index (χ1v) is 6.32. The summed E-state index contributed by atoms with van der Waals surface area (Å²) in [6, 6.07) is 3.73. The molecular formula is C13H20N4O. The molecule has 98 valence electrons. The Morgan fingerprint density at radius 3 is 2.78 bits per heavy atom. The van der Waals surface area contributed by atoms with E-state index in [1.165, 1.54) is 0 Å². The van der Waals surface area contributed by atoms with Crippen LogP contribution in [0.2, 0.25) is 0 Å². The predicted molar refractivity (Wildman–Crippen MR) is 70.8 cm³/mol. The average Bonchev–Trinajstić information content (AvgIpc) is 2.85. The lowest BCUT2D eigenvalue weighted by Gasteiger charge is -2.21. The second-order valence-corrected chi connectivity index (χ2v) is 4.85. The molecule has 5 nitrogen and oxygen atoms in total. The standard InChI is InChI=1S/C13H20N4O/c1-16(9-11-4-5-12(14)15-8-11)10-13(18)17-6-2-3-7-17/h4-5,8H,2-3,6-7,9-10H2,1H3,(H2,14,15). The van der Waals surface area contributed by atoms with E-state index in [0.29, 0.717) is 18.9 Å². The first-order valence-electron chi connectivity index (χ1n) is 6.32. The Morgan fingerprint density at radius 1 is 1.44 bits per heavy atom. The number of nitrogens with two attached hydrogens (primary N) is 1. The van der Waals surface area contributed by atoms with Crippen LogP contribution in [0.1, 0.15) is 18.4 Å². The number of likely N-dealkylation sites (tertiary alicyclic amines) is 1. The third-order valence-corrected chi connectivity index (χ3v) is 3.16. The number of nitrogens with zero attached hydrogens (tertiary/aromatic N) is 3. The third kappa shape index (κ3) is 3.43. The molecule has 1 amide bonds. The lowest BCUT2D eigenvalue weighted by atomic mass is 10.2. The van der Waals surface area contributed by atoms with Gasteiger partial charge in [0.25, 0.3) is 0 Å². The van der Waals surface area contributed by atoms with Gasteiger partial charge in [-0.15, -0.1) is 0 Å². The van der Waals surface area contributed by atoms with Crippen LogP contribution in [-0.2, 0) is 11.3 Å². The second kappa shape index (κ2) is 5.82. The summed E-state index contributed by atoms with van der Waals surface area (Å²) in [6.07, 6.45) is 4.03. The van der Waals surface area contributed by atoms with Gasteiger partial charge in [-0.1, -0.05) is 6.07 Å². The van der Waals surface area contributed by atoms with Crippen molar-refractivity contribution in [3.05, 3.63) is 23.9 Å². The van der Waals surface area contributed by atoms with Crippen LogP contribution in [0.15, 0.2) is 18.3 Å². The van der Waals surface area contributed by atoms with Crippen LogP contribution in [0.4, 0.5) is 5.82 Å². The van der Waals surface area contributed by atoms with Gasteiger partial charge >= 0.3 is 0 Å². The number of pyridine rings is 1. The van der Waals surface area contributed by atoms with Gasteiger partial charge < -0.3 is 10.6 Å². The minimum Gasteiger partial charge on any atom is -0.384 e. The number of amides is 1. The summed E-state index contributed by atoms with van der Waals surface area (Å²) >= 11 is 0. The molecule has 1 saturated heterocycles. The van der Waals surface area contributed by atoms with E-state index in [0.717, 1.165) is 31.5 Å². The molecule has 1 aliphatic heterocycles. The monoisotopic (exact) mass is 248 g/mol. The van der Waals surface area contributed by atoms with Crippen molar-refractivity contribution >= 4 is 11.7 Å². The minimum absolute atomic E-state index is 0.221. The number of carbonyl (C=O) groups excluding carboxylic acids is 1. The molecule has 0 radical (unpaired) electrons. The molecule has 2 heterocycles. The molecule has 2 N–H and O–H groups in total. The summed E-state index contributed by atoms with van der Waals surface area (Å²) in [7, 11) is 1.95. The van der Waals surface area contributed by atoms with Crippen molar-refractivity contribution in [1.82, 2.24) is 14.8 Å². The second-order valence-electron chi connectivity index (χ2n) is 4.85. The SMILES string of the molecule is CN(CC(=O)N1CCCC1)Cc1ccc(N)nc1. The van der Waals surface area contributed by atoms with Gasteiger partial charge in [0.05, 0.1) is 6.54 Å². The molecule has 0 bridgehead atoms. The van der Waals surface area contributed by atoms with Crippen LogP contribution >= 0.6 is 0 Å². The van der Waals surface area contributed by atoms with Crippen molar-refractivity contribution < 1.29 is 4.79 Å². The lowest BCUT2D eigenvalue weighted by Crippen LogP contribution is -2.36. The summed E-state index contributed by atoms with van der Waals surface area (Å²) in [5, 5.41) is 0. The number of carbonyl (C=O) groups is 1. The summed E-state index contributed by atoms with van der Waals surface area (Å²) < 4.78 is 0. The molecule has 0 spiro atoms. The van der Waals surface area contributed by atoms with Crippen molar-refractivity contribution in [1.29, 1.82) is 0 Å². The van der Waals surface area contributed by atoms with Gasteiger partial charge in [-0.05, 0) is 31.5 Å². The van der Waals surface area contributed by atoms with E-state index in [-0.39, 0.29) is 5.91 Å². The van der Waals surface area contributed by atoms with Crippen molar-refractivity contribution in [2.24, 2.45) is 0 Å². The maximum absolute atomic E-state index is 11.9. The van der Waals surface area contributed by atoms with Crippen LogP contribution in [0.3, 0.4) is 0 Å².